The lowest BCUT2D eigenvalue weighted by molar-refractivity contribution is 0.175. The van der Waals surface area contributed by atoms with E-state index in [1.165, 1.54) is 0 Å². The van der Waals surface area contributed by atoms with Gasteiger partial charge >= 0.3 is 0 Å². The molecular weight excluding hydrogens is 331 g/mol. The fourth-order valence-electron chi connectivity index (χ4n) is 3.00. The van der Waals surface area contributed by atoms with Gasteiger partial charge in [-0.1, -0.05) is 23.2 Å². The largest absolute Gasteiger partial charge is 0.381 e. The van der Waals surface area contributed by atoms with E-state index in [9.17, 15) is 0 Å². The van der Waals surface area contributed by atoms with E-state index >= 15 is 0 Å². The van der Waals surface area contributed by atoms with Crippen LogP contribution in [0.25, 0.3) is 11.0 Å². The summed E-state index contributed by atoms with van der Waals surface area (Å²) in [6, 6.07) is 4.02. The molecule has 1 aromatic heterocycles. The van der Waals surface area contributed by atoms with Crippen LogP contribution in [0.5, 0.6) is 0 Å². The second kappa shape index (κ2) is 6.33. The SMILES string of the molecule is CC(C1CCOC1)n1c(CCCl)nc2cc(Cl)c(Cl)cc21. The van der Waals surface area contributed by atoms with Gasteiger partial charge in [0.1, 0.15) is 5.82 Å². The Morgan fingerprint density at radius 1 is 1.38 bits per heavy atom. The summed E-state index contributed by atoms with van der Waals surface area (Å²) < 4.78 is 7.77. The minimum Gasteiger partial charge on any atom is -0.381 e. The van der Waals surface area contributed by atoms with E-state index < -0.39 is 0 Å². The molecule has 1 aromatic carbocycles. The average molecular weight is 348 g/mol. The highest BCUT2D eigenvalue weighted by Gasteiger charge is 2.27. The second-order valence-corrected chi connectivity index (χ2v) is 6.65. The van der Waals surface area contributed by atoms with Gasteiger partial charge < -0.3 is 9.30 Å². The number of aryl methyl sites for hydroxylation is 1. The number of hydrogen-bond donors (Lipinski definition) is 0. The molecule has 1 fully saturated rings. The zero-order chi connectivity index (χ0) is 15.0. The third-order valence-electron chi connectivity index (χ3n) is 4.18. The quantitative estimate of drug-likeness (QED) is 0.748. The highest BCUT2D eigenvalue weighted by atomic mass is 35.5. The maximum Gasteiger partial charge on any atom is 0.111 e. The van der Waals surface area contributed by atoms with Gasteiger partial charge in [0.2, 0.25) is 0 Å². The Morgan fingerprint density at radius 3 is 2.81 bits per heavy atom. The molecule has 2 unspecified atom stereocenters. The Hall–Kier alpha value is -0.480. The molecule has 6 heteroatoms. The lowest BCUT2D eigenvalue weighted by atomic mass is 10.00. The number of imidazole rings is 1. The van der Waals surface area contributed by atoms with Crippen LogP contribution in [-0.2, 0) is 11.2 Å². The van der Waals surface area contributed by atoms with Crippen LogP contribution in [0.3, 0.4) is 0 Å². The van der Waals surface area contributed by atoms with Crippen LogP contribution in [0.15, 0.2) is 12.1 Å². The molecule has 3 nitrogen and oxygen atoms in total. The summed E-state index contributed by atoms with van der Waals surface area (Å²) in [6.07, 6.45) is 1.80. The predicted molar refractivity (Wildman–Crippen MR) is 87.8 cm³/mol. The zero-order valence-electron chi connectivity index (χ0n) is 11.8. The number of fused-ring (bicyclic) bond motifs is 1. The Kier molecular flexibility index (Phi) is 4.65. The van der Waals surface area contributed by atoms with Gasteiger partial charge in [-0.3, -0.25) is 0 Å². The molecule has 2 aromatic rings. The summed E-state index contributed by atoms with van der Waals surface area (Å²) in [7, 11) is 0. The minimum atomic E-state index is 0.299. The van der Waals surface area contributed by atoms with Gasteiger partial charge in [-0.25, -0.2) is 4.98 Å². The van der Waals surface area contributed by atoms with Crippen molar-refractivity contribution in [1.29, 1.82) is 0 Å². The zero-order valence-corrected chi connectivity index (χ0v) is 14.0. The Bertz CT molecular complexity index is 650. The third kappa shape index (κ3) is 2.89. The Morgan fingerprint density at radius 2 is 2.14 bits per heavy atom. The monoisotopic (exact) mass is 346 g/mol. The first-order valence-electron chi connectivity index (χ1n) is 7.11. The van der Waals surface area contributed by atoms with Crippen molar-refractivity contribution in [2.24, 2.45) is 5.92 Å². The third-order valence-corrected chi connectivity index (χ3v) is 5.09. The molecule has 0 aliphatic carbocycles. The molecule has 0 saturated carbocycles. The van der Waals surface area contributed by atoms with Gasteiger partial charge in [-0.2, -0.15) is 0 Å². The molecule has 1 aliphatic rings. The van der Waals surface area contributed by atoms with Gasteiger partial charge in [0.05, 0.1) is 27.7 Å². The molecule has 2 atom stereocenters. The Balaban J connectivity index is 2.12. The van der Waals surface area contributed by atoms with Gasteiger partial charge in [0.15, 0.2) is 0 Å². The van der Waals surface area contributed by atoms with Gasteiger partial charge in [-0.05, 0) is 25.5 Å². The highest BCUT2D eigenvalue weighted by Crippen LogP contribution is 2.34. The van der Waals surface area contributed by atoms with Crippen LogP contribution in [-0.4, -0.2) is 28.6 Å². The van der Waals surface area contributed by atoms with E-state index in [1.807, 2.05) is 12.1 Å². The van der Waals surface area contributed by atoms with Crippen molar-refractivity contribution < 1.29 is 4.74 Å². The lowest BCUT2D eigenvalue weighted by Crippen LogP contribution is -2.19. The number of nitrogens with zero attached hydrogens (tertiary/aromatic N) is 2. The van der Waals surface area contributed by atoms with E-state index in [-0.39, 0.29) is 0 Å². The number of aromatic nitrogens is 2. The van der Waals surface area contributed by atoms with Crippen molar-refractivity contribution >= 4 is 45.8 Å². The maximum absolute atomic E-state index is 6.19. The molecule has 3 rings (SSSR count). The normalized spacial score (nSPS) is 20.3. The van der Waals surface area contributed by atoms with Crippen LogP contribution < -0.4 is 0 Å². The highest BCUT2D eigenvalue weighted by molar-refractivity contribution is 6.42. The first kappa shape index (κ1) is 15.4. The molecule has 1 aliphatic heterocycles. The van der Waals surface area contributed by atoms with Crippen molar-refractivity contribution in [3.63, 3.8) is 0 Å². The van der Waals surface area contributed by atoms with Crippen LogP contribution in [0.2, 0.25) is 10.0 Å². The molecule has 114 valence electrons. The predicted octanol–water partition coefficient (Wildman–Crippen LogP) is 4.72. The van der Waals surface area contributed by atoms with E-state index in [4.69, 9.17) is 44.5 Å². The van der Waals surface area contributed by atoms with Gasteiger partial charge in [0, 0.05) is 30.9 Å². The minimum absolute atomic E-state index is 0.299. The van der Waals surface area contributed by atoms with Crippen molar-refractivity contribution in [3.8, 4) is 0 Å². The van der Waals surface area contributed by atoms with E-state index in [0.717, 1.165) is 42.9 Å². The smallest absolute Gasteiger partial charge is 0.111 e. The number of rotatable bonds is 4. The summed E-state index contributed by atoms with van der Waals surface area (Å²) in [5, 5.41) is 1.08. The second-order valence-electron chi connectivity index (χ2n) is 5.46. The molecule has 2 heterocycles. The first-order valence-corrected chi connectivity index (χ1v) is 8.40. The van der Waals surface area contributed by atoms with Crippen LogP contribution in [0.4, 0.5) is 0 Å². The molecule has 0 bridgehead atoms. The summed E-state index contributed by atoms with van der Waals surface area (Å²) >= 11 is 18.2. The Labute approximate surface area is 139 Å². The fraction of sp³-hybridized carbons (Fsp3) is 0.533. The standard InChI is InChI=1S/C15H17Cl3N2O/c1-9(10-3-5-21-8-10)20-14-7-12(18)11(17)6-13(14)19-15(20)2-4-16/h6-7,9-10H,2-5,8H2,1H3. The summed E-state index contributed by atoms with van der Waals surface area (Å²) in [4.78, 5) is 4.69. The molecule has 0 amide bonds. The van der Waals surface area contributed by atoms with E-state index in [2.05, 4.69) is 11.5 Å². The molecule has 1 saturated heterocycles. The molecule has 0 radical (unpaired) electrons. The van der Waals surface area contributed by atoms with Crippen LogP contribution >= 0.6 is 34.8 Å². The van der Waals surface area contributed by atoms with Crippen LogP contribution in [0.1, 0.15) is 25.2 Å². The average Bonchev–Trinajstić information content (AvgIpc) is 3.07. The lowest BCUT2D eigenvalue weighted by Gasteiger charge is -2.22. The fourth-order valence-corrected chi connectivity index (χ4v) is 3.48. The topological polar surface area (TPSA) is 27.1 Å². The van der Waals surface area contributed by atoms with Crippen molar-refractivity contribution in [3.05, 3.63) is 28.0 Å². The number of ether oxygens (including phenoxy) is 1. The number of hydrogen-bond acceptors (Lipinski definition) is 2. The summed E-state index contributed by atoms with van der Waals surface area (Å²) in [5.41, 5.74) is 1.89. The number of halogens is 3. The molecule has 21 heavy (non-hydrogen) atoms. The van der Waals surface area contributed by atoms with Crippen molar-refractivity contribution in [1.82, 2.24) is 9.55 Å². The van der Waals surface area contributed by atoms with E-state index in [1.54, 1.807) is 0 Å². The van der Waals surface area contributed by atoms with E-state index in [0.29, 0.717) is 27.9 Å². The van der Waals surface area contributed by atoms with Crippen molar-refractivity contribution in [2.75, 3.05) is 19.1 Å². The molecule has 0 N–H and O–H groups in total. The maximum atomic E-state index is 6.19. The molecular formula is C15H17Cl3N2O. The van der Waals surface area contributed by atoms with Gasteiger partial charge in [0.25, 0.3) is 0 Å². The summed E-state index contributed by atoms with van der Waals surface area (Å²) in [6.45, 7) is 3.84. The molecule has 0 spiro atoms. The first-order chi connectivity index (χ1) is 10.1. The number of alkyl halides is 1. The van der Waals surface area contributed by atoms with Gasteiger partial charge in [-0.15, -0.1) is 11.6 Å². The van der Waals surface area contributed by atoms with Crippen LogP contribution in [0, 0.1) is 5.92 Å². The van der Waals surface area contributed by atoms with Crippen molar-refractivity contribution in [2.45, 2.75) is 25.8 Å². The number of benzene rings is 1. The summed E-state index contributed by atoms with van der Waals surface area (Å²) in [5.74, 6) is 2.02.